The second kappa shape index (κ2) is 9.03. The summed E-state index contributed by atoms with van der Waals surface area (Å²) in [4.78, 5) is 37.4. The van der Waals surface area contributed by atoms with E-state index < -0.39 is 0 Å². The van der Waals surface area contributed by atoms with Gasteiger partial charge in [-0.2, -0.15) is 0 Å². The fraction of sp³-hybridized carbons (Fsp3) is 0.286. The quantitative estimate of drug-likeness (QED) is 0.761. The van der Waals surface area contributed by atoms with Gasteiger partial charge in [0.1, 0.15) is 5.75 Å². The van der Waals surface area contributed by atoms with Gasteiger partial charge in [0.2, 0.25) is 11.8 Å². The molecule has 2 N–H and O–H groups in total. The lowest BCUT2D eigenvalue weighted by molar-refractivity contribution is -0.125. The van der Waals surface area contributed by atoms with Crippen molar-refractivity contribution in [1.82, 2.24) is 10.6 Å². The standard InChI is InChI=1S/C21H23N3O4/c1-22-21(27)16-11-20(26)24(13-16)17-7-9-18(10-8-17)28-14-19(25)23-12-15-5-3-2-4-6-15/h2-10,16H,11-14H2,1H3,(H,22,27)(H,23,25)/t16-/m0/s1. The SMILES string of the molecule is CNC(=O)[C@H]1CC(=O)N(c2ccc(OCC(=O)NCc3ccccc3)cc2)C1. The zero-order chi connectivity index (χ0) is 19.9. The lowest BCUT2D eigenvalue weighted by atomic mass is 10.1. The van der Waals surface area contributed by atoms with Crippen LogP contribution in [0.2, 0.25) is 0 Å². The van der Waals surface area contributed by atoms with Gasteiger partial charge in [0.15, 0.2) is 6.61 Å². The molecule has 2 aromatic carbocycles. The molecular weight excluding hydrogens is 358 g/mol. The van der Waals surface area contributed by atoms with Crippen LogP contribution in [0.25, 0.3) is 0 Å². The predicted molar refractivity (Wildman–Crippen MR) is 105 cm³/mol. The molecule has 0 spiro atoms. The van der Waals surface area contributed by atoms with Crippen LogP contribution in [0.1, 0.15) is 12.0 Å². The third-order valence-corrected chi connectivity index (χ3v) is 4.59. The van der Waals surface area contributed by atoms with E-state index >= 15 is 0 Å². The molecule has 1 aliphatic rings. The van der Waals surface area contributed by atoms with Crippen LogP contribution in [0.3, 0.4) is 0 Å². The second-order valence-corrected chi connectivity index (χ2v) is 6.56. The lowest BCUT2D eigenvalue weighted by Crippen LogP contribution is -2.30. The molecule has 146 valence electrons. The summed E-state index contributed by atoms with van der Waals surface area (Å²) in [7, 11) is 1.57. The zero-order valence-corrected chi connectivity index (χ0v) is 15.7. The van der Waals surface area contributed by atoms with Crippen molar-refractivity contribution < 1.29 is 19.1 Å². The van der Waals surface area contributed by atoms with Crippen molar-refractivity contribution in [2.75, 3.05) is 25.1 Å². The van der Waals surface area contributed by atoms with Crippen molar-refractivity contribution in [3.63, 3.8) is 0 Å². The fourth-order valence-corrected chi connectivity index (χ4v) is 3.06. The van der Waals surface area contributed by atoms with E-state index in [0.717, 1.165) is 5.56 Å². The van der Waals surface area contributed by atoms with E-state index in [0.29, 0.717) is 24.5 Å². The molecule has 0 aliphatic carbocycles. The number of benzene rings is 2. The molecule has 3 rings (SSSR count). The first-order valence-electron chi connectivity index (χ1n) is 9.12. The number of carbonyl (C=O) groups excluding carboxylic acids is 3. The molecule has 1 saturated heterocycles. The Morgan fingerprint density at radius 2 is 1.82 bits per heavy atom. The molecule has 0 bridgehead atoms. The van der Waals surface area contributed by atoms with Gasteiger partial charge in [-0.3, -0.25) is 14.4 Å². The zero-order valence-electron chi connectivity index (χ0n) is 15.7. The predicted octanol–water partition coefficient (Wildman–Crippen LogP) is 1.48. The Morgan fingerprint density at radius 3 is 2.50 bits per heavy atom. The van der Waals surface area contributed by atoms with Gasteiger partial charge in [-0.05, 0) is 29.8 Å². The highest BCUT2D eigenvalue weighted by Crippen LogP contribution is 2.26. The molecule has 1 aliphatic heterocycles. The molecule has 2 aromatic rings. The molecule has 1 heterocycles. The average Bonchev–Trinajstić information content (AvgIpc) is 3.13. The first-order valence-corrected chi connectivity index (χ1v) is 9.12. The summed E-state index contributed by atoms with van der Waals surface area (Å²) in [5.41, 5.74) is 1.72. The maximum Gasteiger partial charge on any atom is 0.258 e. The topological polar surface area (TPSA) is 87.7 Å². The summed E-state index contributed by atoms with van der Waals surface area (Å²) in [6, 6.07) is 16.6. The number of amides is 3. The summed E-state index contributed by atoms with van der Waals surface area (Å²) in [6.45, 7) is 0.722. The highest BCUT2D eigenvalue weighted by molar-refractivity contribution is 6.00. The highest BCUT2D eigenvalue weighted by Gasteiger charge is 2.34. The van der Waals surface area contributed by atoms with Gasteiger partial charge in [-0.15, -0.1) is 0 Å². The largest absolute Gasteiger partial charge is 0.484 e. The molecule has 0 saturated carbocycles. The minimum absolute atomic E-state index is 0.0810. The van der Waals surface area contributed by atoms with Crippen LogP contribution in [0.15, 0.2) is 54.6 Å². The van der Waals surface area contributed by atoms with Crippen molar-refractivity contribution in [2.45, 2.75) is 13.0 Å². The molecule has 3 amide bonds. The van der Waals surface area contributed by atoms with Gasteiger partial charge < -0.3 is 20.3 Å². The van der Waals surface area contributed by atoms with E-state index in [1.54, 1.807) is 36.2 Å². The second-order valence-electron chi connectivity index (χ2n) is 6.56. The Bertz CT molecular complexity index is 836. The van der Waals surface area contributed by atoms with E-state index in [9.17, 15) is 14.4 Å². The Kier molecular flexibility index (Phi) is 6.26. The van der Waals surface area contributed by atoms with Crippen LogP contribution in [0.5, 0.6) is 5.75 Å². The third kappa shape index (κ3) is 4.88. The highest BCUT2D eigenvalue weighted by atomic mass is 16.5. The van der Waals surface area contributed by atoms with Gasteiger partial charge in [0.25, 0.3) is 5.91 Å². The third-order valence-electron chi connectivity index (χ3n) is 4.59. The number of nitrogens with zero attached hydrogens (tertiary/aromatic N) is 1. The number of hydrogen-bond donors (Lipinski definition) is 2. The van der Waals surface area contributed by atoms with Gasteiger partial charge >= 0.3 is 0 Å². The first kappa shape index (κ1) is 19.4. The summed E-state index contributed by atoms with van der Waals surface area (Å²) < 4.78 is 5.50. The number of ether oxygens (including phenoxy) is 1. The van der Waals surface area contributed by atoms with Crippen molar-refractivity contribution >= 4 is 23.4 Å². The lowest BCUT2D eigenvalue weighted by Gasteiger charge is -2.17. The summed E-state index contributed by atoms with van der Waals surface area (Å²) in [6.07, 6.45) is 0.208. The summed E-state index contributed by atoms with van der Waals surface area (Å²) in [5, 5.41) is 5.38. The van der Waals surface area contributed by atoms with Crippen LogP contribution in [-0.2, 0) is 20.9 Å². The molecule has 0 unspecified atom stereocenters. The average molecular weight is 381 g/mol. The Labute approximate surface area is 163 Å². The minimum Gasteiger partial charge on any atom is -0.484 e. The van der Waals surface area contributed by atoms with Crippen molar-refractivity contribution in [2.24, 2.45) is 5.92 Å². The van der Waals surface area contributed by atoms with E-state index in [2.05, 4.69) is 10.6 Å². The molecule has 7 nitrogen and oxygen atoms in total. The molecule has 0 aromatic heterocycles. The van der Waals surface area contributed by atoms with Gasteiger partial charge in [-0.25, -0.2) is 0 Å². The molecule has 1 atom stereocenters. The van der Waals surface area contributed by atoms with E-state index in [-0.39, 0.29) is 36.7 Å². The maximum absolute atomic E-state index is 12.2. The maximum atomic E-state index is 12.2. The van der Waals surface area contributed by atoms with Crippen molar-refractivity contribution in [3.05, 3.63) is 60.2 Å². The van der Waals surface area contributed by atoms with E-state index in [1.807, 2.05) is 30.3 Å². The molecule has 0 radical (unpaired) electrons. The summed E-state index contributed by atoms with van der Waals surface area (Å²) in [5.74, 6) is -0.217. The van der Waals surface area contributed by atoms with Gasteiger partial charge in [0.05, 0.1) is 5.92 Å². The number of carbonyl (C=O) groups is 3. The normalized spacial score (nSPS) is 16.0. The number of hydrogen-bond acceptors (Lipinski definition) is 4. The summed E-state index contributed by atoms with van der Waals surface area (Å²) >= 11 is 0. The van der Waals surface area contributed by atoms with E-state index in [4.69, 9.17) is 4.74 Å². The van der Waals surface area contributed by atoms with Gasteiger partial charge in [-0.1, -0.05) is 30.3 Å². The van der Waals surface area contributed by atoms with Gasteiger partial charge in [0, 0.05) is 32.2 Å². The molecule has 1 fully saturated rings. The Morgan fingerprint density at radius 1 is 1.11 bits per heavy atom. The van der Waals surface area contributed by atoms with Crippen LogP contribution < -0.4 is 20.3 Å². The van der Waals surface area contributed by atoms with Crippen LogP contribution in [0, 0.1) is 5.92 Å². The van der Waals surface area contributed by atoms with Crippen LogP contribution in [-0.4, -0.2) is 37.9 Å². The minimum atomic E-state index is -0.332. The Hall–Kier alpha value is -3.35. The van der Waals surface area contributed by atoms with Crippen LogP contribution >= 0.6 is 0 Å². The van der Waals surface area contributed by atoms with Crippen molar-refractivity contribution in [1.29, 1.82) is 0 Å². The smallest absolute Gasteiger partial charge is 0.258 e. The number of nitrogens with one attached hydrogen (secondary N) is 2. The van der Waals surface area contributed by atoms with E-state index in [1.165, 1.54) is 0 Å². The Balaban J connectivity index is 1.48. The molecule has 7 heteroatoms. The number of rotatable bonds is 7. The fourth-order valence-electron chi connectivity index (χ4n) is 3.06. The van der Waals surface area contributed by atoms with Crippen molar-refractivity contribution in [3.8, 4) is 5.75 Å². The monoisotopic (exact) mass is 381 g/mol. The number of anilines is 1. The van der Waals surface area contributed by atoms with Crippen LogP contribution in [0.4, 0.5) is 5.69 Å². The molecular formula is C21H23N3O4. The molecule has 28 heavy (non-hydrogen) atoms. The first-order chi connectivity index (χ1) is 13.6.